The van der Waals surface area contributed by atoms with Crippen LogP contribution < -0.4 is 5.32 Å². The predicted octanol–water partition coefficient (Wildman–Crippen LogP) is 4.51. The first kappa shape index (κ1) is 13.5. The summed E-state index contributed by atoms with van der Waals surface area (Å²) in [4.78, 5) is 16.0. The fraction of sp³-hybridized carbons (Fsp3) is 0. The number of carbonyl (C=O) groups is 1. The Kier molecular flexibility index (Phi) is 4.37. The molecule has 0 spiro atoms. The van der Waals surface area contributed by atoms with Gasteiger partial charge < -0.3 is 5.32 Å². The largest absolute Gasteiger partial charge is 0.320 e. The number of hydrogen-bond donors (Lipinski definition) is 1. The minimum absolute atomic E-state index is 0.287. The van der Waals surface area contributed by atoms with Crippen molar-refractivity contribution in [3.8, 4) is 0 Å². The molecule has 3 nitrogen and oxygen atoms in total. The van der Waals surface area contributed by atoms with E-state index in [0.29, 0.717) is 20.9 Å². The van der Waals surface area contributed by atoms with E-state index in [1.54, 1.807) is 36.5 Å². The summed E-state index contributed by atoms with van der Waals surface area (Å²) in [5.41, 5.74) is 0.947. The molecule has 1 amide bonds. The summed E-state index contributed by atoms with van der Waals surface area (Å²) < 4.78 is 1.47. The molecule has 1 aromatic carbocycles. The van der Waals surface area contributed by atoms with Crippen LogP contribution >= 0.6 is 43.5 Å². The van der Waals surface area contributed by atoms with Crippen molar-refractivity contribution in [3.05, 3.63) is 56.2 Å². The molecule has 1 aromatic heterocycles. The number of rotatable bonds is 2. The standard InChI is InChI=1S/C12H7Br2ClN2O/c13-7-4-5-10(16-6-7)12(18)17-9-3-1-2-8(15)11(9)14/h1-6H,(H,17,18). The predicted molar refractivity (Wildman–Crippen MR) is 79.0 cm³/mol. The Balaban J connectivity index is 2.21. The number of amides is 1. The minimum atomic E-state index is -0.287. The molecule has 0 aliphatic rings. The second-order valence-electron chi connectivity index (χ2n) is 3.42. The molecule has 92 valence electrons. The van der Waals surface area contributed by atoms with Gasteiger partial charge in [0.2, 0.25) is 0 Å². The van der Waals surface area contributed by atoms with E-state index in [0.717, 1.165) is 4.47 Å². The number of anilines is 1. The number of pyridine rings is 1. The smallest absolute Gasteiger partial charge is 0.274 e. The fourth-order valence-corrected chi connectivity index (χ4v) is 2.07. The number of aromatic nitrogens is 1. The first-order valence-corrected chi connectivity index (χ1v) is 6.91. The average Bonchev–Trinajstić information content (AvgIpc) is 2.36. The Morgan fingerprint density at radius 3 is 2.67 bits per heavy atom. The molecule has 0 radical (unpaired) electrons. The molecule has 6 heteroatoms. The van der Waals surface area contributed by atoms with Gasteiger partial charge in [-0.15, -0.1) is 0 Å². The van der Waals surface area contributed by atoms with Crippen LogP contribution in [0.3, 0.4) is 0 Å². The SMILES string of the molecule is O=C(Nc1cccc(Cl)c1Br)c1ccc(Br)cn1. The van der Waals surface area contributed by atoms with Crippen molar-refractivity contribution in [2.75, 3.05) is 5.32 Å². The van der Waals surface area contributed by atoms with Gasteiger partial charge in [0.15, 0.2) is 0 Å². The molecule has 1 N–H and O–H groups in total. The second-order valence-corrected chi connectivity index (χ2v) is 5.53. The maximum absolute atomic E-state index is 11.9. The van der Waals surface area contributed by atoms with Crippen LogP contribution in [0.4, 0.5) is 5.69 Å². The Bertz CT molecular complexity index is 587. The normalized spacial score (nSPS) is 10.2. The summed E-state index contributed by atoms with van der Waals surface area (Å²) in [6.07, 6.45) is 1.57. The zero-order chi connectivity index (χ0) is 13.1. The van der Waals surface area contributed by atoms with Crippen molar-refractivity contribution >= 4 is 55.1 Å². The molecule has 18 heavy (non-hydrogen) atoms. The topological polar surface area (TPSA) is 42.0 Å². The number of benzene rings is 1. The third-order valence-corrected chi connectivity index (χ3v) is 4.03. The summed E-state index contributed by atoms with van der Waals surface area (Å²) >= 11 is 12.5. The van der Waals surface area contributed by atoms with Gasteiger partial charge in [0.25, 0.3) is 5.91 Å². The van der Waals surface area contributed by atoms with Crippen LogP contribution in [0.5, 0.6) is 0 Å². The molecule has 0 fully saturated rings. The summed E-state index contributed by atoms with van der Waals surface area (Å²) in [5, 5.41) is 3.28. The van der Waals surface area contributed by atoms with E-state index in [1.165, 1.54) is 0 Å². The molecule has 1 heterocycles. The first-order valence-electron chi connectivity index (χ1n) is 4.95. The molecular weight excluding hydrogens is 383 g/mol. The van der Waals surface area contributed by atoms with E-state index in [4.69, 9.17) is 11.6 Å². The number of nitrogens with zero attached hydrogens (tertiary/aromatic N) is 1. The summed E-state index contributed by atoms with van der Waals surface area (Å²) in [6.45, 7) is 0. The van der Waals surface area contributed by atoms with Crippen LogP contribution in [0.1, 0.15) is 10.5 Å². The maximum atomic E-state index is 11.9. The molecular formula is C12H7Br2ClN2O. The number of carbonyl (C=O) groups excluding carboxylic acids is 1. The van der Waals surface area contributed by atoms with Gasteiger partial charge in [-0.2, -0.15) is 0 Å². The van der Waals surface area contributed by atoms with Crippen LogP contribution in [0.15, 0.2) is 45.5 Å². The van der Waals surface area contributed by atoms with Gasteiger partial charge in [0, 0.05) is 10.7 Å². The van der Waals surface area contributed by atoms with E-state index >= 15 is 0 Å². The van der Waals surface area contributed by atoms with Crippen LogP contribution in [-0.2, 0) is 0 Å². The first-order chi connectivity index (χ1) is 8.58. The highest BCUT2D eigenvalue weighted by Crippen LogP contribution is 2.30. The summed E-state index contributed by atoms with van der Waals surface area (Å²) in [7, 11) is 0. The monoisotopic (exact) mass is 388 g/mol. The second kappa shape index (κ2) is 5.82. The fourth-order valence-electron chi connectivity index (χ4n) is 1.30. The molecule has 0 aliphatic carbocycles. The van der Waals surface area contributed by atoms with E-state index in [1.807, 2.05) is 0 Å². The molecule has 0 atom stereocenters. The minimum Gasteiger partial charge on any atom is -0.320 e. The lowest BCUT2D eigenvalue weighted by atomic mass is 10.3. The summed E-state index contributed by atoms with van der Waals surface area (Å²) in [6, 6.07) is 8.65. The third kappa shape index (κ3) is 3.10. The Hall–Kier alpha value is -0.910. The molecule has 0 saturated heterocycles. The molecule has 0 unspecified atom stereocenters. The molecule has 0 saturated carbocycles. The van der Waals surface area contributed by atoms with Crippen LogP contribution in [0, 0.1) is 0 Å². The van der Waals surface area contributed by atoms with Gasteiger partial charge in [-0.1, -0.05) is 17.7 Å². The lowest BCUT2D eigenvalue weighted by Gasteiger charge is -2.07. The van der Waals surface area contributed by atoms with Crippen LogP contribution in [-0.4, -0.2) is 10.9 Å². The Labute approximate surface area is 126 Å². The molecule has 2 aromatic rings. The van der Waals surface area contributed by atoms with Gasteiger partial charge in [0.1, 0.15) is 5.69 Å². The van der Waals surface area contributed by atoms with Gasteiger partial charge in [0.05, 0.1) is 15.2 Å². The van der Waals surface area contributed by atoms with E-state index in [2.05, 4.69) is 42.2 Å². The lowest BCUT2D eigenvalue weighted by Crippen LogP contribution is -2.13. The highest BCUT2D eigenvalue weighted by molar-refractivity contribution is 9.11. The number of hydrogen-bond acceptors (Lipinski definition) is 2. The number of halogens is 3. The van der Waals surface area contributed by atoms with Crippen molar-refractivity contribution in [1.82, 2.24) is 4.98 Å². The van der Waals surface area contributed by atoms with Gasteiger partial charge in [-0.3, -0.25) is 4.79 Å². The van der Waals surface area contributed by atoms with Crippen molar-refractivity contribution in [1.29, 1.82) is 0 Å². The van der Waals surface area contributed by atoms with Crippen molar-refractivity contribution in [3.63, 3.8) is 0 Å². The van der Waals surface area contributed by atoms with E-state index in [9.17, 15) is 4.79 Å². The van der Waals surface area contributed by atoms with E-state index in [-0.39, 0.29) is 5.91 Å². The number of nitrogens with one attached hydrogen (secondary N) is 1. The average molecular weight is 390 g/mol. The zero-order valence-electron chi connectivity index (χ0n) is 8.95. The van der Waals surface area contributed by atoms with Gasteiger partial charge in [-0.25, -0.2) is 4.98 Å². The quantitative estimate of drug-likeness (QED) is 0.820. The lowest BCUT2D eigenvalue weighted by molar-refractivity contribution is 0.102. The van der Waals surface area contributed by atoms with Gasteiger partial charge >= 0.3 is 0 Å². The van der Waals surface area contributed by atoms with Gasteiger partial charge in [-0.05, 0) is 56.1 Å². The molecule has 0 aliphatic heterocycles. The summed E-state index contributed by atoms with van der Waals surface area (Å²) in [5.74, 6) is -0.287. The van der Waals surface area contributed by atoms with Crippen molar-refractivity contribution in [2.45, 2.75) is 0 Å². The van der Waals surface area contributed by atoms with Crippen LogP contribution in [0.25, 0.3) is 0 Å². The third-order valence-electron chi connectivity index (χ3n) is 2.16. The van der Waals surface area contributed by atoms with E-state index < -0.39 is 0 Å². The van der Waals surface area contributed by atoms with Crippen molar-refractivity contribution < 1.29 is 4.79 Å². The maximum Gasteiger partial charge on any atom is 0.274 e. The van der Waals surface area contributed by atoms with Crippen molar-refractivity contribution in [2.24, 2.45) is 0 Å². The molecule has 0 bridgehead atoms. The highest BCUT2D eigenvalue weighted by Gasteiger charge is 2.10. The van der Waals surface area contributed by atoms with Crippen LogP contribution in [0.2, 0.25) is 5.02 Å². The molecule has 2 rings (SSSR count). The highest BCUT2D eigenvalue weighted by atomic mass is 79.9. The Morgan fingerprint density at radius 2 is 2.00 bits per heavy atom. The Morgan fingerprint density at radius 1 is 1.22 bits per heavy atom. The zero-order valence-corrected chi connectivity index (χ0v) is 12.9.